The zero-order valence-electron chi connectivity index (χ0n) is 12.1. The first kappa shape index (κ1) is 14.2. The maximum absolute atomic E-state index is 5.08. The number of hydrogen-bond donors (Lipinski definition) is 2. The molecule has 2 N–H and O–H groups in total. The number of aromatic nitrogens is 4. The van der Waals surface area contributed by atoms with Crippen LogP contribution in [0.5, 0.6) is 0 Å². The fourth-order valence-electron chi connectivity index (χ4n) is 1.94. The van der Waals surface area contributed by atoms with Gasteiger partial charge in [-0.3, -0.25) is 0 Å². The number of aryl methyl sites for hydroxylation is 1. The van der Waals surface area contributed by atoms with Gasteiger partial charge in [0, 0.05) is 12.1 Å². The van der Waals surface area contributed by atoms with Crippen molar-refractivity contribution in [1.82, 2.24) is 20.1 Å². The Bertz CT molecular complexity index is 554. The molecule has 2 aromatic heterocycles. The van der Waals surface area contributed by atoms with Gasteiger partial charge in [0.25, 0.3) is 0 Å². The van der Waals surface area contributed by atoms with E-state index in [1.165, 1.54) is 0 Å². The molecule has 0 aromatic carbocycles. The predicted molar refractivity (Wildman–Crippen MR) is 76.6 cm³/mol. The van der Waals surface area contributed by atoms with Crippen LogP contribution in [0.4, 0.5) is 11.6 Å². The molecule has 0 atom stereocenters. The van der Waals surface area contributed by atoms with E-state index in [4.69, 9.17) is 4.52 Å². The smallest absolute Gasteiger partial charge is 0.245 e. The van der Waals surface area contributed by atoms with Gasteiger partial charge in [-0.15, -0.1) is 0 Å². The van der Waals surface area contributed by atoms with E-state index in [1.54, 1.807) is 13.3 Å². The van der Waals surface area contributed by atoms with Gasteiger partial charge in [-0.05, 0) is 20.3 Å². The molecule has 0 aliphatic carbocycles. The second-order valence-electron chi connectivity index (χ2n) is 4.42. The highest BCUT2D eigenvalue weighted by molar-refractivity contribution is 5.57. The lowest BCUT2D eigenvalue weighted by Crippen LogP contribution is -2.10. The van der Waals surface area contributed by atoms with E-state index in [2.05, 4.69) is 37.7 Å². The van der Waals surface area contributed by atoms with Crippen molar-refractivity contribution in [3.63, 3.8) is 0 Å². The monoisotopic (exact) mass is 276 g/mol. The number of nitrogens with zero attached hydrogens (tertiary/aromatic N) is 4. The molecule has 2 rings (SSSR count). The van der Waals surface area contributed by atoms with Crippen molar-refractivity contribution in [2.75, 3.05) is 17.2 Å². The topological polar surface area (TPSA) is 88.8 Å². The first-order valence-electron chi connectivity index (χ1n) is 6.85. The molecule has 0 radical (unpaired) electrons. The number of hydrogen-bond acceptors (Lipinski definition) is 7. The summed E-state index contributed by atoms with van der Waals surface area (Å²) >= 11 is 0. The Morgan fingerprint density at radius 2 is 1.90 bits per heavy atom. The van der Waals surface area contributed by atoms with Crippen LogP contribution in [-0.2, 0) is 13.0 Å². The molecule has 0 unspecified atom stereocenters. The van der Waals surface area contributed by atoms with E-state index in [1.807, 2.05) is 6.92 Å². The van der Waals surface area contributed by atoms with Crippen molar-refractivity contribution in [2.24, 2.45) is 0 Å². The maximum atomic E-state index is 5.08. The number of anilines is 2. The van der Waals surface area contributed by atoms with Gasteiger partial charge in [0.15, 0.2) is 5.82 Å². The van der Waals surface area contributed by atoms with Crippen LogP contribution in [0, 0.1) is 6.92 Å². The SMILES string of the molecule is CCCc1c(NCC)ncnc1NCc1nc(C)no1. The van der Waals surface area contributed by atoms with E-state index in [0.29, 0.717) is 18.3 Å². The van der Waals surface area contributed by atoms with Gasteiger partial charge in [0.05, 0.1) is 6.54 Å². The summed E-state index contributed by atoms with van der Waals surface area (Å²) in [5, 5.41) is 10.3. The molecule has 0 bridgehead atoms. The van der Waals surface area contributed by atoms with Gasteiger partial charge >= 0.3 is 0 Å². The fraction of sp³-hybridized carbons (Fsp3) is 0.538. The average Bonchev–Trinajstić information content (AvgIpc) is 2.85. The lowest BCUT2D eigenvalue weighted by atomic mass is 10.1. The molecule has 0 spiro atoms. The summed E-state index contributed by atoms with van der Waals surface area (Å²) in [6, 6.07) is 0. The maximum Gasteiger partial charge on any atom is 0.245 e. The molecule has 0 aliphatic rings. The number of nitrogens with one attached hydrogen (secondary N) is 2. The standard InChI is InChI=1S/C13H20N6O/c1-4-6-10-12(14-5-2)16-8-17-13(10)15-7-11-18-9(3)19-20-11/h8H,4-7H2,1-3H3,(H2,14,15,16,17). The third kappa shape index (κ3) is 3.43. The predicted octanol–water partition coefficient (Wildman–Crippen LogP) is 2.16. The summed E-state index contributed by atoms with van der Waals surface area (Å²) in [7, 11) is 0. The Hall–Kier alpha value is -2.18. The van der Waals surface area contributed by atoms with E-state index < -0.39 is 0 Å². The van der Waals surface area contributed by atoms with Crippen LogP contribution in [0.3, 0.4) is 0 Å². The van der Waals surface area contributed by atoms with Crippen LogP contribution in [0.2, 0.25) is 0 Å². The van der Waals surface area contributed by atoms with Gasteiger partial charge in [0.2, 0.25) is 5.89 Å². The first-order chi connectivity index (χ1) is 9.74. The lowest BCUT2D eigenvalue weighted by Gasteiger charge is -2.13. The molecule has 0 aliphatic heterocycles. The quantitative estimate of drug-likeness (QED) is 0.801. The van der Waals surface area contributed by atoms with E-state index in [9.17, 15) is 0 Å². The molecule has 0 amide bonds. The number of rotatable bonds is 7. The van der Waals surface area contributed by atoms with Gasteiger partial charge in [-0.2, -0.15) is 4.98 Å². The van der Waals surface area contributed by atoms with Crippen molar-refractivity contribution in [1.29, 1.82) is 0 Å². The van der Waals surface area contributed by atoms with Crippen molar-refractivity contribution in [3.05, 3.63) is 23.6 Å². The molecule has 20 heavy (non-hydrogen) atoms. The molecule has 7 heteroatoms. The van der Waals surface area contributed by atoms with Gasteiger partial charge < -0.3 is 15.2 Å². The molecular weight excluding hydrogens is 256 g/mol. The molecule has 2 heterocycles. The summed E-state index contributed by atoms with van der Waals surface area (Å²) in [6.07, 6.45) is 3.49. The van der Waals surface area contributed by atoms with E-state index in [0.717, 1.165) is 36.6 Å². The molecule has 0 fully saturated rings. The van der Waals surface area contributed by atoms with Crippen molar-refractivity contribution < 1.29 is 4.52 Å². The van der Waals surface area contributed by atoms with Gasteiger partial charge in [0.1, 0.15) is 18.0 Å². The molecule has 0 saturated heterocycles. The second kappa shape index (κ2) is 6.83. The van der Waals surface area contributed by atoms with Crippen molar-refractivity contribution >= 4 is 11.6 Å². The van der Waals surface area contributed by atoms with Gasteiger partial charge in [-0.25, -0.2) is 9.97 Å². The van der Waals surface area contributed by atoms with Crippen molar-refractivity contribution in [2.45, 2.75) is 40.2 Å². The van der Waals surface area contributed by atoms with Crippen LogP contribution in [0.15, 0.2) is 10.9 Å². The summed E-state index contributed by atoms with van der Waals surface area (Å²) in [5.74, 6) is 2.88. The second-order valence-corrected chi connectivity index (χ2v) is 4.42. The van der Waals surface area contributed by atoms with Crippen LogP contribution in [0.1, 0.15) is 37.5 Å². The zero-order valence-corrected chi connectivity index (χ0v) is 12.1. The molecule has 7 nitrogen and oxygen atoms in total. The average molecular weight is 276 g/mol. The van der Waals surface area contributed by atoms with Crippen LogP contribution in [0.25, 0.3) is 0 Å². The summed E-state index contributed by atoms with van der Waals surface area (Å²) in [4.78, 5) is 12.8. The van der Waals surface area contributed by atoms with Crippen LogP contribution in [-0.4, -0.2) is 26.7 Å². The Balaban J connectivity index is 2.14. The third-order valence-electron chi connectivity index (χ3n) is 2.77. The molecule has 0 saturated carbocycles. The van der Waals surface area contributed by atoms with E-state index in [-0.39, 0.29) is 0 Å². The molecule has 2 aromatic rings. The third-order valence-corrected chi connectivity index (χ3v) is 2.77. The summed E-state index contributed by atoms with van der Waals surface area (Å²) in [5.41, 5.74) is 1.09. The Morgan fingerprint density at radius 1 is 1.15 bits per heavy atom. The minimum atomic E-state index is 0.458. The minimum absolute atomic E-state index is 0.458. The minimum Gasteiger partial charge on any atom is -0.370 e. The van der Waals surface area contributed by atoms with E-state index >= 15 is 0 Å². The summed E-state index contributed by atoms with van der Waals surface area (Å²) < 4.78 is 5.08. The molecular formula is C13H20N6O. The Kier molecular flexibility index (Phi) is 4.86. The highest BCUT2D eigenvalue weighted by atomic mass is 16.5. The Morgan fingerprint density at radius 3 is 2.50 bits per heavy atom. The van der Waals surface area contributed by atoms with Crippen LogP contribution >= 0.6 is 0 Å². The van der Waals surface area contributed by atoms with Crippen LogP contribution < -0.4 is 10.6 Å². The zero-order chi connectivity index (χ0) is 14.4. The molecule has 108 valence electrons. The highest BCUT2D eigenvalue weighted by Gasteiger charge is 2.11. The fourth-order valence-corrected chi connectivity index (χ4v) is 1.94. The lowest BCUT2D eigenvalue weighted by molar-refractivity contribution is 0.379. The van der Waals surface area contributed by atoms with Gasteiger partial charge in [-0.1, -0.05) is 18.5 Å². The largest absolute Gasteiger partial charge is 0.370 e. The normalized spacial score (nSPS) is 10.6. The first-order valence-corrected chi connectivity index (χ1v) is 6.85. The highest BCUT2D eigenvalue weighted by Crippen LogP contribution is 2.21. The van der Waals surface area contributed by atoms with Crippen molar-refractivity contribution in [3.8, 4) is 0 Å². The Labute approximate surface area is 118 Å². The summed E-state index contributed by atoms with van der Waals surface area (Å²) in [6.45, 7) is 7.26.